The molecule has 0 fully saturated rings. The van der Waals surface area contributed by atoms with Gasteiger partial charge in [-0.05, 0) is 37.0 Å². The topological polar surface area (TPSA) is 75.6 Å². The van der Waals surface area contributed by atoms with Crippen molar-refractivity contribution in [3.05, 3.63) is 65.0 Å². The molecule has 0 aliphatic carbocycles. The molecule has 27 heavy (non-hydrogen) atoms. The van der Waals surface area contributed by atoms with Gasteiger partial charge in [0.2, 0.25) is 5.91 Å². The van der Waals surface area contributed by atoms with Gasteiger partial charge in [-0.15, -0.1) is 0 Å². The summed E-state index contributed by atoms with van der Waals surface area (Å²) >= 11 is 0. The zero-order chi connectivity index (χ0) is 19.8. The molecule has 144 valence electrons. The van der Waals surface area contributed by atoms with Crippen LogP contribution in [0.1, 0.15) is 23.1 Å². The monoisotopic (exact) mass is 373 g/mol. The Kier molecular flexibility index (Phi) is 7.34. The molecule has 0 saturated carbocycles. The third-order valence-electron chi connectivity index (χ3n) is 4.34. The molecular weight excluding hydrogens is 349 g/mol. The van der Waals surface area contributed by atoms with Gasteiger partial charge in [0.25, 0.3) is 0 Å². The highest BCUT2D eigenvalue weighted by atomic mass is 19.1. The predicted octanol–water partition coefficient (Wildman–Crippen LogP) is 3.14. The lowest BCUT2D eigenvalue weighted by molar-refractivity contribution is -0.141. The Bertz CT molecular complexity index is 807. The molecule has 2 aromatic carbocycles. The van der Waals surface area contributed by atoms with Crippen LogP contribution in [0.5, 0.6) is 5.75 Å². The van der Waals surface area contributed by atoms with Crippen LogP contribution in [0.15, 0.2) is 42.5 Å². The zero-order valence-electron chi connectivity index (χ0n) is 15.5. The maximum absolute atomic E-state index is 14.1. The summed E-state index contributed by atoms with van der Waals surface area (Å²) in [6.45, 7) is 1.97. The second-order valence-electron chi connectivity index (χ2n) is 6.47. The molecule has 0 radical (unpaired) electrons. The molecule has 1 amide bonds. The van der Waals surface area contributed by atoms with E-state index in [0.717, 1.165) is 11.1 Å². The van der Waals surface area contributed by atoms with Crippen molar-refractivity contribution in [2.45, 2.75) is 26.2 Å². The molecule has 2 N–H and O–H groups in total. The van der Waals surface area contributed by atoms with Crippen molar-refractivity contribution in [3.8, 4) is 5.75 Å². The minimum Gasteiger partial charge on any atom is -0.494 e. The van der Waals surface area contributed by atoms with Gasteiger partial charge in [-0.25, -0.2) is 4.39 Å². The highest BCUT2D eigenvalue weighted by molar-refractivity contribution is 5.77. The van der Waals surface area contributed by atoms with Crippen LogP contribution < -0.4 is 10.1 Å². The minimum atomic E-state index is -0.962. The lowest BCUT2D eigenvalue weighted by atomic mass is 9.98. The summed E-state index contributed by atoms with van der Waals surface area (Å²) in [5, 5.41) is 12.0. The quantitative estimate of drug-likeness (QED) is 0.708. The van der Waals surface area contributed by atoms with Crippen LogP contribution >= 0.6 is 0 Å². The Labute approximate surface area is 158 Å². The summed E-state index contributed by atoms with van der Waals surface area (Å²) in [6, 6.07) is 12.4. The number of aryl methyl sites for hydroxylation is 2. The van der Waals surface area contributed by atoms with Crippen molar-refractivity contribution in [1.29, 1.82) is 0 Å². The third kappa shape index (κ3) is 6.09. The van der Waals surface area contributed by atoms with Gasteiger partial charge in [0, 0.05) is 13.0 Å². The van der Waals surface area contributed by atoms with Gasteiger partial charge in [-0.1, -0.05) is 42.0 Å². The Balaban J connectivity index is 1.88. The normalized spacial score (nSPS) is 11.7. The number of hydrogen-bond donors (Lipinski definition) is 2. The Morgan fingerprint density at radius 2 is 1.96 bits per heavy atom. The summed E-state index contributed by atoms with van der Waals surface area (Å²) in [5.74, 6) is -2.33. The lowest BCUT2D eigenvalue weighted by Crippen LogP contribution is -2.34. The van der Waals surface area contributed by atoms with Gasteiger partial charge in [0.15, 0.2) is 11.6 Å². The van der Waals surface area contributed by atoms with E-state index in [-0.39, 0.29) is 31.0 Å². The number of nitrogens with one attached hydrogen (secondary N) is 1. The molecule has 2 rings (SSSR count). The number of halogens is 1. The van der Waals surface area contributed by atoms with E-state index in [1.54, 1.807) is 12.1 Å². The molecular formula is C21H24FNO4. The summed E-state index contributed by atoms with van der Waals surface area (Å²) in [5.41, 5.74) is 2.36. The van der Waals surface area contributed by atoms with Crippen molar-refractivity contribution >= 4 is 11.9 Å². The molecule has 0 aliphatic rings. The average molecular weight is 373 g/mol. The number of carbonyl (C=O) groups excluding carboxylic acids is 1. The number of hydrogen-bond acceptors (Lipinski definition) is 3. The zero-order valence-corrected chi connectivity index (χ0v) is 15.5. The smallest absolute Gasteiger partial charge is 0.308 e. The van der Waals surface area contributed by atoms with Crippen LogP contribution in [0, 0.1) is 18.7 Å². The maximum Gasteiger partial charge on any atom is 0.308 e. The van der Waals surface area contributed by atoms with Crippen LogP contribution in [0.3, 0.4) is 0 Å². The molecule has 0 aliphatic heterocycles. The number of aliphatic carboxylic acids is 1. The molecule has 0 spiro atoms. The lowest BCUT2D eigenvalue weighted by Gasteiger charge is -2.14. The average Bonchev–Trinajstić information content (AvgIpc) is 2.64. The van der Waals surface area contributed by atoms with Crippen molar-refractivity contribution in [1.82, 2.24) is 5.32 Å². The molecule has 0 heterocycles. The first kappa shape index (κ1) is 20.4. The molecule has 1 atom stereocenters. The van der Waals surface area contributed by atoms with Gasteiger partial charge in [0.05, 0.1) is 13.0 Å². The number of carboxylic acids is 1. The van der Waals surface area contributed by atoms with Crippen LogP contribution in [-0.2, 0) is 22.4 Å². The number of rotatable bonds is 9. The van der Waals surface area contributed by atoms with Gasteiger partial charge in [-0.3, -0.25) is 9.59 Å². The Morgan fingerprint density at radius 1 is 1.22 bits per heavy atom. The molecule has 2 aromatic rings. The van der Waals surface area contributed by atoms with Crippen molar-refractivity contribution < 1.29 is 23.8 Å². The number of carboxylic acid groups (broad SMARTS) is 1. The second-order valence-corrected chi connectivity index (χ2v) is 6.47. The van der Waals surface area contributed by atoms with E-state index in [2.05, 4.69) is 5.32 Å². The molecule has 1 unspecified atom stereocenters. The predicted molar refractivity (Wildman–Crippen MR) is 100 cm³/mol. The van der Waals surface area contributed by atoms with Crippen molar-refractivity contribution in [2.24, 2.45) is 5.92 Å². The second kappa shape index (κ2) is 9.71. The van der Waals surface area contributed by atoms with Crippen LogP contribution in [-0.4, -0.2) is 30.6 Å². The number of ether oxygens (including phenoxy) is 1. The molecule has 0 bridgehead atoms. The number of amides is 1. The fraction of sp³-hybridized carbons (Fsp3) is 0.333. The highest BCUT2D eigenvalue weighted by Gasteiger charge is 2.19. The highest BCUT2D eigenvalue weighted by Crippen LogP contribution is 2.21. The van der Waals surface area contributed by atoms with Crippen molar-refractivity contribution in [3.63, 3.8) is 0 Å². The Morgan fingerprint density at radius 3 is 2.63 bits per heavy atom. The number of carbonyl (C=O) groups is 2. The van der Waals surface area contributed by atoms with Crippen molar-refractivity contribution in [2.75, 3.05) is 13.7 Å². The molecule has 0 saturated heterocycles. The summed E-state index contributed by atoms with van der Waals surface area (Å²) < 4.78 is 19.0. The van der Waals surface area contributed by atoms with Gasteiger partial charge in [0.1, 0.15) is 0 Å². The molecule has 5 nitrogen and oxygen atoms in total. The standard InChI is InChI=1S/C21H24FNO4/c1-14-5-3-6-15(11-14)12-17(21(25)26)13-23-19(24)10-9-16-7-4-8-18(27-2)20(16)22/h3-8,11,17H,9-10,12-13H2,1-2H3,(H,23,24)(H,25,26). The number of benzene rings is 2. The first-order valence-corrected chi connectivity index (χ1v) is 8.77. The fourth-order valence-electron chi connectivity index (χ4n) is 2.85. The SMILES string of the molecule is COc1cccc(CCC(=O)NCC(Cc2cccc(C)c2)C(=O)O)c1F. The molecule has 6 heteroatoms. The van der Waals surface area contributed by atoms with Gasteiger partial charge < -0.3 is 15.2 Å². The first-order valence-electron chi connectivity index (χ1n) is 8.77. The maximum atomic E-state index is 14.1. The van der Waals surface area contributed by atoms with Crippen LogP contribution in [0.4, 0.5) is 4.39 Å². The van der Waals surface area contributed by atoms with Crippen LogP contribution in [0.25, 0.3) is 0 Å². The van der Waals surface area contributed by atoms with E-state index in [1.807, 2.05) is 31.2 Å². The van der Waals surface area contributed by atoms with E-state index < -0.39 is 17.7 Å². The fourth-order valence-corrected chi connectivity index (χ4v) is 2.85. The first-order chi connectivity index (χ1) is 12.9. The minimum absolute atomic E-state index is 0.0305. The van der Waals surface area contributed by atoms with E-state index in [0.29, 0.717) is 12.0 Å². The van der Waals surface area contributed by atoms with E-state index in [4.69, 9.17) is 4.74 Å². The summed E-state index contributed by atoms with van der Waals surface area (Å²) in [6.07, 6.45) is 0.618. The van der Waals surface area contributed by atoms with Gasteiger partial charge >= 0.3 is 5.97 Å². The summed E-state index contributed by atoms with van der Waals surface area (Å²) in [7, 11) is 1.38. The number of methoxy groups -OCH3 is 1. The Hall–Kier alpha value is -2.89. The van der Waals surface area contributed by atoms with E-state index in [9.17, 15) is 19.1 Å². The largest absolute Gasteiger partial charge is 0.494 e. The molecule has 0 aromatic heterocycles. The van der Waals surface area contributed by atoms with E-state index in [1.165, 1.54) is 13.2 Å². The van der Waals surface area contributed by atoms with Crippen LogP contribution in [0.2, 0.25) is 0 Å². The van der Waals surface area contributed by atoms with E-state index >= 15 is 0 Å². The third-order valence-corrected chi connectivity index (χ3v) is 4.34. The summed E-state index contributed by atoms with van der Waals surface area (Å²) in [4.78, 5) is 23.5. The van der Waals surface area contributed by atoms with Gasteiger partial charge in [-0.2, -0.15) is 0 Å².